The molecule has 2 aromatic carbocycles. The zero-order chi connectivity index (χ0) is 18.1. The van der Waals surface area contributed by atoms with Crippen LogP contribution in [0.15, 0.2) is 51.8 Å². The van der Waals surface area contributed by atoms with Gasteiger partial charge in [-0.3, -0.25) is 4.79 Å². The molecule has 2 rings (SSSR count). The molecule has 0 aliphatic heterocycles. The van der Waals surface area contributed by atoms with Crippen molar-refractivity contribution in [1.29, 1.82) is 0 Å². The smallest absolute Gasteiger partial charge is 0.255 e. The Labute approximate surface area is 148 Å². The van der Waals surface area contributed by atoms with Gasteiger partial charge in [0.15, 0.2) is 0 Å². The van der Waals surface area contributed by atoms with Gasteiger partial charge in [0.1, 0.15) is 5.82 Å². The van der Waals surface area contributed by atoms with Gasteiger partial charge in [-0.2, -0.15) is 0 Å². The van der Waals surface area contributed by atoms with Crippen LogP contribution in [0.4, 0.5) is 4.39 Å². The highest BCUT2D eigenvalue weighted by molar-refractivity contribution is 9.10. The lowest BCUT2D eigenvalue weighted by Gasteiger charge is -2.26. The first-order valence-electron chi connectivity index (χ1n) is 6.96. The SMILES string of the molecule is CC(c1ccc(F)cc1)N(C)C(=O)c1cc(S(N)(=O)=O)ccc1Br. The lowest BCUT2D eigenvalue weighted by Crippen LogP contribution is -2.30. The van der Waals surface area contributed by atoms with Gasteiger partial charge in [0.05, 0.1) is 16.5 Å². The highest BCUT2D eigenvalue weighted by Gasteiger charge is 2.22. The summed E-state index contributed by atoms with van der Waals surface area (Å²) in [4.78, 5) is 14.0. The lowest BCUT2D eigenvalue weighted by atomic mass is 10.1. The molecule has 0 saturated heterocycles. The molecule has 1 atom stereocenters. The van der Waals surface area contributed by atoms with Crippen LogP contribution in [0.5, 0.6) is 0 Å². The summed E-state index contributed by atoms with van der Waals surface area (Å²) in [5.74, 6) is -0.743. The van der Waals surface area contributed by atoms with Gasteiger partial charge in [-0.05, 0) is 58.7 Å². The standard InChI is InChI=1S/C16H16BrFN2O3S/c1-10(11-3-5-12(18)6-4-11)20(2)16(21)14-9-13(24(19,22)23)7-8-15(14)17/h3-10H,1-2H3,(H2,19,22,23). The van der Waals surface area contributed by atoms with Crippen LogP contribution in [0.25, 0.3) is 0 Å². The van der Waals surface area contributed by atoms with Crippen molar-refractivity contribution in [3.05, 3.63) is 63.9 Å². The van der Waals surface area contributed by atoms with Crippen molar-refractivity contribution in [1.82, 2.24) is 4.90 Å². The van der Waals surface area contributed by atoms with Crippen molar-refractivity contribution in [2.75, 3.05) is 7.05 Å². The Bertz CT molecular complexity index is 869. The van der Waals surface area contributed by atoms with Crippen LogP contribution in [-0.4, -0.2) is 26.3 Å². The fraction of sp³-hybridized carbons (Fsp3) is 0.188. The Kier molecular flexibility index (Phi) is 5.42. The third-order valence-electron chi connectivity index (χ3n) is 3.75. The average Bonchev–Trinajstić information content (AvgIpc) is 2.53. The van der Waals surface area contributed by atoms with Crippen molar-refractivity contribution in [3.8, 4) is 0 Å². The van der Waals surface area contributed by atoms with E-state index in [0.29, 0.717) is 4.47 Å². The fourth-order valence-corrected chi connectivity index (χ4v) is 3.13. The molecule has 0 radical (unpaired) electrons. The van der Waals surface area contributed by atoms with E-state index in [2.05, 4.69) is 15.9 Å². The minimum atomic E-state index is -3.91. The predicted molar refractivity (Wildman–Crippen MR) is 92.4 cm³/mol. The summed E-state index contributed by atoms with van der Waals surface area (Å²) in [5, 5.41) is 5.11. The molecule has 0 aliphatic carbocycles. The molecule has 0 spiro atoms. The number of hydrogen-bond donors (Lipinski definition) is 1. The van der Waals surface area contributed by atoms with Crippen LogP contribution in [0.1, 0.15) is 28.9 Å². The molecule has 0 aromatic heterocycles. The second-order valence-corrected chi connectivity index (χ2v) is 7.75. The number of nitrogens with two attached hydrogens (primary N) is 1. The molecular weight excluding hydrogens is 399 g/mol. The molecule has 1 amide bonds. The van der Waals surface area contributed by atoms with E-state index in [1.54, 1.807) is 26.1 Å². The Morgan fingerprint density at radius 2 is 1.79 bits per heavy atom. The zero-order valence-electron chi connectivity index (χ0n) is 13.0. The maximum atomic E-state index is 13.0. The molecule has 0 saturated carbocycles. The van der Waals surface area contributed by atoms with Crippen molar-refractivity contribution >= 4 is 31.9 Å². The highest BCUT2D eigenvalue weighted by atomic mass is 79.9. The summed E-state index contributed by atoms with van der Waals surface area (Å²) < 4.78 is 36.4. The van der Waals surface area contributed by atoms with E-state index >= 15 is 0 Å². The Hall–Kier alpha value is -1.77. The van der Waals surface area contributed by atoms with Crippen molar-refractivity contribution < 1.29 is 17.6 Å². The van der Waals surface area contributed by atoms with E-state index in [4.69, 9.17) is 5.14 Å². The Morgan fingerprint density at radius 3 is 2.33 bits per heavy atom. The van der Waals surface area contributed by atoms with E-state index in [9.17, 15) is 17.6 Å². The molecule has 0 bridgehead atoms. The number of halogens is 2. The summed E-state index contributed by atoms with van der Waals surface area (Å²) in [6, 6.07) is 9.52. The maximum Gasteiger partial charge on any atom is 0.255 e. The summed E-state index contributed by atoms with van der Waals surface area (Å²) in [6.45, 7) is 1.79. The summed E-state index contributed by atoms with van der Waals surface area (Å²) in [7, 11) is -2.32. The van der Waals surface area contributed by atoms with Gasteiger partial charge in [0, 0.05) is 11.5 Å². The minimum Gasteiger partial charge on any atom is -0.335 e. The summed E-state index contributed by atoms with van der Waals surface area (Å²) >= 11 is 3.25. The summed E-state index contributed by atoms with van der Waals surface area (Å²) in [5.41, 5.74) is 0.934. The number of carbonyl (C=O) groups is 1. The molecule has 0 heterocycles. The number of sulfonamides is 1. The molecule has 2 N–H and O–H groups in total. The second kappa shape index (κ2) is 7.00. The molecular formula is C16H16BrFN2O3S. The van der Waals surface area contributed by atoms with Gasteiger partial charge in [-0.25, -0.2) is 17.9 Å². The normalized spacial score (nSPS) is 12.7. The molecule has 5 nitrogen and oxygen atoms in total. The van der Waals surface area contributed by atoms with Crippen molar-refractivity contribution in [2.45, 2.75) is 17.9 Å². The number of rotatable bonds is 4. The van der Waals surface area contributed by atoms with Crippen LogP contribution in [-0.2, 0) is 10.0 Å². The van der Waals surface area contributed by atoms with Gasteiger partial charge in [0.2, 0.25) is 10.0 Å². The minimum absolute atomic E-state index is 0.142. The molecule has 0 aliphatic rings. The van der Waals surface area contributed by atoms with Gasteiger partial charge >= 0.3 is 0 Å². The highest BCUT2D eigenvalue weighted by Crippen LogP contribution is 2.26. The first-order chi connectivity index (χ1) is 11.1. The average molecular weight is 415 g/mol. The topological polar surface area (TPSA) is 80.5 Å². The first-order valence-corrected chi connectivity index (χ1v) is 9.30. The molecule has 8 heteroatoms. The largest absolute Gasteiger partial charge is 0.335 e. The zero-order valence-corrected chi connectivity index (χ0v) is 15.4. The summed E-state index contributed by atoms with van der Waals surface area (Å²) in [6.07, 6.45) is 0. The Morgan fingerprint density at radius 1 is 1.21 bits per heavy atom. The van der Waals surface area contributed by atoms with Crippen molar-refractivity contribution in [3.63, 3.8) is 0 Å². The van der Waals surface area contributed by atoms with Crippen LogP contribution in [0.2, 0.25) is 0 Å². The maximum absolute atomic E-state index is 13.0. The number of benzene rings is 2. The first kappa shape index (κ1) is 18.6. The molecule has 0 fully saturated rings. The number of hydrogen-bond acceptors (Lipinski definition) is 3. The van der Waals surface area contributed by atoms with Crippen LogP contribution in [0, 0.1) is 5.82 Å². The van der Waals surface area contributed by atoms with Gasteiger partial charge in [-0.15, -0.1) is 0 Å². The molecule has 128 valence electrons. The van der Waals surface area contributed by atoms with E-state index in [0.717, 1.165) is 5.56 Å². The van der Waals surface area contributed by atoms with E-state index in [-0.39, 0.29) is 28.2 Å². The number of carbonyl (C=O) groups excluding carboxylic acids is 1. The van der Waals surface area contributed by atoms with Gasteiger partial charge in [0.25, 0.3) is 5.91 Å². The van der Waals surface area contributed by atoms with Gasteiger partial charge in [-0.1, -0.05) is 12.1 Å². The van der Waals surface area contributed by atoms with Crippen LogP contribution < -0.4 is 5.14 Å². The molecule has 2 aromatic rings. The third-order valence-corrected chi connectivity index (χ3v) is 5.35. The monoisotopic (exact) mass is 414 g/mol. The van der Waals surface area contributed by atoms with E-state index in [1.807, 2.05) is 0 Å². The quantitative estimate of drug-likeness (QED) is 0.834. The lowest BCUT2D eigenvalue weighted by molar-refractivity contribution is 0.0741. The fourth-order valence-electron chi connectivity index (χ4n) is 2.18. The Balaban J connectivity index is 2.35. The molecule has 24 heavy (non-hydrogen) atoms. The third kappa shape index (κ3) is 4.00. The van der Waals surface area contributed by atoms with E-state index < -0.39 is 10.0 Å². The second-order valence-electron chi connectivity index (χ2n) is 5.33. The van der Waals surface area contributed by atoms with Crippen LogP contribution in [0.3, 0.4) is 0 Å². The van der Waals surface area contributed by atoms with Crippen LogP contribution >= 0.6 is 15.9 Å². The number of nitrogens with zero attached hydrogens (tertiary/aromatic N) is 1. The molecule has 1 unspecified atom stereocenters. The predicted octanol–water partition coefficient (Wildman–Crippen LogP) is 3.07. The van der Waals surface area contributed by atoms with Gasteiger partial charge < -0.3 is 4.90 Å². The van der Waals surface area contributed by atoms with Crippen molar-refractivity contribution in [2.24, 2.45) is 5.14 Å². The number of amides is 1. The number of primary sulfonamides is 1. The van der Waals surface area contributed by atoms with E-state index in [1.165, 1.54) is 35.2 Å².